The van der Waals surface area contributed by atoms with Gasteiger partial charge in [-0.2, -0.15) is 0 Å². The summed E-state index contributed by atoms with van der Waals surface area (Å²) in [4.78, 5) is 13.0. The van der Waals surface area contributed by atoms with E-state index in [-0.39, 0.29) is 17.3 Å². The summed E-state index contributed by atoms with van der Waals surface area (Å²) in [6, 6.07) is 3.13. The number of rotatable bonds is 34. The van der Waals surface area contributed by atoms with E-state index >= 15 is 0 Å². The number of aryl methyl sites for hydroxylation is 1. The Morgan fingerprint density at radius 1 is 0.422 bits per heavy atom. The van der Waals surface area contributed by atoms with Crippen LogP contribution in [-0.4, -0.2) is 16.0 Å². The number of unbranched alkanes of at least 4 members (excludes halogenated alkanes) is 29. The van der Waals surface area contributed by atoms with Crippen molar-refractivity contribution in [1.82, 2.24) is 0 Å². The smallest absolute Gasteiger partial charge is 0.163 e. The predicted octanol–water partition coefficient (Wildman–Crippen LogP) is 14.3. The van der Waals surface area contributed by atoms with Crippen LogP contribution < -0.4 is 0 Å². The van der Waals surface area contributed by atoms with Gasteiger partial charge in [0.25, 0.3) is 0 Å². The molecular weight excluding hydrogens is 552 g/mol. The fourth-order valence-electron chi connectivity index (χ4n) is 6.74. The quantitative estimate of drug-likeness (QED) is 0.0453. The first kappa shape index (κ1) is 41.5. The lowest BCUT2D eigenvalue weighted by molar-refractivity contribution is 0.0977. The Labute approximate surface area is 280 Å². The van der Waals surface area contributed by atoms with Crippen molar-refractivity contribution in [3.05, 3.63) is 23.3 Å². The minimum absolute atomic E-state index is 0.106. The maximum atomic E-state index is 13.0. The van der Waals surface area contributed by atoms with Crippen molar-refractivity contribution in [1.29, 1.82) is 0 Å². The highest BCUT2D eigenvalue weighted by Gasteiger charge is 2.15. The van der Waals surface area contributed by atoms with E-state index in [1.54, 1.807) is 6.07 Å². The van der Waals surface area contributed by atoms with Crippen molar-refractivity contribution in [2.24, 2.45) is 0 Å². The van der Waals surface area contributed by atoms with Crippen LogP contribution in [0.3, 0.4) is 0 Å². The van der Waals surface area contributed by atoms with E-state index in [1.807, 2.05) is 0 Å². The van der Waals surface area contributed by atoms with Crippen LogP contribution in [0.25, 0.3) is 0 Å². The first-order valence-electron chi connectivity index (χ1n) is 20.2. The molecule has 0 unspecified atom stereocenters. The number of ketones is 1. The number of aromatic hydroxyl groups is 2. The number of hydrogen-bond acceptors (Lipinski definition) is 3. The lowest BCUT2D eigenvalue weighted by Gasteiger charge is -2.11. The van der Waals surface area contributed by atoms with Gasteiger partial charge in [-0.1, -0.05) is 200 Å². The van der Waals surface area contributed by atoms with Crippen molar-refractivity contribution >= 4 is 5.78 Å². The van der Waals surface area contributed by atoms with Crippen LogP contribution in [0, 0.1) is 0 Å². The van der Waals surface area contributed by atoms with E-state index in [1.165, 1.54) is 179 Å². The molecule has 262 valence electrons. The molecule has 0 saturated heterocycles. The zero-order valence-corrected chi connectivity index (χ0v) is 30.3. The van der Waals surface area contributed by atoms with Gasteiger partial charge in [0.15, 0.2) is 17.3 Å². The van der Waals surface area contributed by atoms with E-state index in [2.05, 4.69) is 13.8 Å². The van der Waals surface area contributed by atoms with Gasteiger partial charge in [0, 0.05) is 12.0 Å². The van der Waals surface area contributed by atoms with E-state index in [0.29, 0.717) is 12.0 Å². The van der Waals surface area contributed by atoms with Crippen molar-refractivity contribution in [2.45, 2.75) is 226 Å². The summed E-state index contributed by atoms with van der Waals surface area (Å²) in [7, 11) is 0. The zero-order valence-electron chi connectivity index (χ0n) is 30.3. The summed E-state index contributed by atoms with van der Waals surface area (Å²) < 4.78 is 0. The normalized spacial score (nSPS) is 11.4. The predicted molar refractivity (Wildman–Crippen MR) is 197 cm³/mol. The Bertz CT molecular complexity index is 801. The van der Waals surface area contributed by atoms with Crippen molar-refractivity contribution in [2.75, 3.05) is 0 Å². The average molecular weight is 629 g/mol. The summed E-state index contributed by atoms with van der Waals surface area (Å²) in [6.07, 6.45) is 42.6. The van der Waals surface area contributed by atoms with Gasteiger partial charge >= 0.3 is 0 Å². The number of carbonyl (C=O) groups excluding carboxylic acids is 1. The first-order chi connectivity index (χ1) is 22.1. The van der Waals surface area contributed by atoms with Crippen LogP contribution in [0.5, 0.6) is 11.5 Å². The minimum atomic E-state index is -0.175. The maximum absolute atomic E-state index is 13.0. The molecule has 1 aromatic carbocycles. The monoisotopic (exact) mass is 629 g/mol. The van der Waals surface area contributed by atoms with Gasteiger partial charge in [0.2, 0.25) is 0 Å². The second-order valence-electron chi connectivity index (χ2n) is 14.2. The van der Waals surface area contributed by atoms with Gasteiger partial charge in [-0.15, -0.1) is 0 Å². The lowest BCUT2D eigenvalue weighted by atomic mass is 9.94. The highest BCUT2D eigenvalue weighted by molar-refractivity contribution is 5.98. The Balaban J connectivity index is 2.08. The van der Waals surface area contributed by atoms with E-state index in [9.17, 15) is 15.0 Å². The fourth-order valence-corrected chi connectivity index (χ4v) is 6.74. The molecule has 0 aromatic heterocycles. The lowest BCUT2D eigenvalue weighted by Crippen LogP contribution is -2.04. The van der Waals surface area contributed by atoms with E-state index in [0.717, 1.165) is 37.7 Å². The van der Waals surface area contributed by atoms with Gasteiger partial charge < -0.3 is 10.2 Å². The van der Waals surface area contributed by atoms with Gasteiger partial charge in [0.1, 0.15) is 0 Å². The molecule has 0 spiro atoms. The summed E-state index contributed by atoms with van der Waals surface area (Å²) >= 11 is 0. The van der Waals surface area contributed by atoms with Crippen molar-refractivity contribution < 1.29 is 15.0 Å². The summed E-state index contributed by atoms with van der Waals surface area (Å²) in [5.74, 6) is -0.165. The molecule has 3 nitrogen and oxygen atoms in total. The molecule has 3 heteroatoms. The second kappa shape index (κ2) is 31.1. The Morgan fingerprint density at radius 3 is 1.07 bits per heavy atom. The third kappa shape index (κ3) is 24.3. The molecule has 0 heterocycles. The van der Waals surface area contributed by atoms with Crippen LogP contribution in [0.1, 0.15) is 235 Å². The molecule has 0 bridgehead atoms. The van der Waals surface area contributed by atoms with Crippen LogP contribution in [0.2, 0.25) is 0 Å². The van der Waals surface area contributed by atoms with E-state index in [4.69, 9.17) is 0 Å². The zero-order chi connectivity index (χ0) is 32.6. The van der Waals surface area contributed by atoms with Gasteiger partial charge in [-0.3, -0.25) is 4.79 Å². The highest BCUT2D eigenvalue weighted by atomic mass is 16.3. The van der Waals surface area contributed by atoms with Crippen molar-refractivity contribution in [3.63, 3.8) is 0 Å². The Morgan fingerprint density at radius 2 is 0.711 bits per heavy atom. The molecule has 2 N–H and O–H groups in total. The molecule has 0 radical (unpaired) electrons. The molecule has 0 aliphatic rings. The molecule has 1 rings (SSSR count). The van der Waals surface area contributed by atoms with Crippen LogP contribution in [0.15, 0.2) is 12.1 Å². The number of phenolic OH excluding ortho intramolecular Hbond substituents is 2. The van der Waals surface area contributed by atoms with Crippen LogP contribution in [0.4, 0.5) is 0 Å². The largest absolute Gasteiger partial charge is 0.504 e. The molecule has 45 heavy (non-hydrogen) atoms. The van der Waals surface area contributed by atoms with Gasteiger partial charge in [-0.25, -0.2) is 0 Å². The number of hydrogen-bond donors (Lipinski definition) is 2. The number of Topliss-reactive ketones (excluding diaryl/α,β-unsaturated/α-hetero) is 1. The molecular formula is C42H76O3. The van der Waals surface area contributed by atoms with E-state index < -0.39 is 0 Å². The maximum Gasteiger partial charge on any atom is 0.163 e. The average Bonchev–Trinajstić information content (AvgIpc) is 3.04. The van der Waals surface area contributed by atoms with Gasteiger partial charge in [-0.05, 0) is 37.0 Å². The summed E-state index contributed by atoms with van der Waals surface area (Å²) in [5.41, 5.74) is 1.53. The molecule has 0 atom stereocenters. The molecule has 0 amide bonds. The highest BCUT2D eigenvalue weighted by Crippen LogP contribution is 2.30. The second-order valence-corrected chi connectivity index (χ2v) is 14.2. The topological polar surface area (TPSA) is 57.5 Å². The number of carbonyl (C=O) groups is 1. The van der Waals surface area contributed by atoms with Crippen LogP contribution >= 0.6 is 0 Å². The third-order valence-corrected chi connectivity index (χ3v) is 9.81. The Hall–Kier alpha value is -1.51. The fraction of sp³-hybridized carbons (Fsp3) is 0.833. The summed E-state index contributed by atoms with van der Waals surface area (Å²) in [6.45, 7) is 4.56. The number of benzene rings is 1. The van der Waals surface area contributed by atoms with Crippen molar-refractivity contribution in [3.8, 4) is 11.5 Å². The summed E-state index contributed by atoms with van der Waals surface area (Å²) in [5, 5.41) is 20.2. The molecule has 1 aromatic rings. The first-order valence-corrected chi connectivity index (χ1v) is 20.2. The van der Waals surface area contributed by atoms with Gasteiger partial charge in [0.05, 0.1) is 0 Å². The third-order valence-electron chi connectivity index (χ3n) is 9.81. The number of phenols is 2. The molecule has 0 saturated carbocycles. The molecule has 0 aliphatic carbocycles. The standard InChI is InChI=1S/C42H76O3/c1-3-5-7-9-11-13-15-17-19-21-22-24-26-28-30-32-34-38-36-41(44)42(45)37-39(38)40(43)35-33-31-29-27-25-23-20-18-16-14-12-10-8-6-4-2/h36-37,44-45H,3-35H2,1-2H3. The molecule has 0 fully saturated rings. The SMILES string of the molecule is CCCCCCCCCCCCCCCCCCc1cc(O)c(O)cc1C(=O)CCCCCCCCCCCCCCCCC. The minimum Gasteiger partial charge on any atom is -0.504 e. The van der Waals surface area contributed by atoms with Crippen LogP contribution in [-0.2, 0) is 6.42 Å². The molecule has 0 aliphatic heterocycles. The Kier molecular flexibility index (Phi) is 28.7.